The van der Waals surface area contributed by atoms with Crippen molar-refractivity contribution < 1.29 is 4.79 Å². The first-order valence-electron chi connectivity index (χ1n) is 7.31. The first-order chi connectivity index (χ1) is 10.9. The van der Waals surface area contributed by atoms with E-state index in [1.54, 1.807) is 0 Å². The van der Waals surface area contributed by atoms with Crippen molar-refractivity contribution in [2.45, 2.75) is 32.6 Å². The number of carbonyl (C=O) groups excluding carboxylic acids is 1. The van der Waals surface area contributed by atoms with Crippen LogP contribution in [0.4, 0.5) is 5.69 Å². The van der Waals surface area contributed by atoms with Crippen molar-refractivity contribution >= 4 is 51.7 Å². The first-order valence-corrected chi connectivity index (χ1v) is 9.52. The summed E-state index contributed by atoms with van der Waals surface area (Å²) in [6.07, 6.45) is 0. The fraction of sp³-hybridized carbons (Fsp3) is 0.438. The zero-order valence-electron chi connectivity index (χ0n) is 13.8. The number of carbonyl (C=O) groups is 1. The maximum Gasteiger partial charge on any atom is 0.234 e. The van der Waals surface area contributed by atoms with Crippen molar-refractivity contribution in [1.29, 1.82) is 5.26 Å². The second kappa shape index (κ2) is 9.81. The largest absolute Gasteiger partial charge is 0.358 e. The highest BCUT2D eigenvalue weighted by atomic mass is 32.2. The number of nitrogens with zero attached hydrogens (tertiary/aromatic N) is 2. The average Bonchev–Trinajstić information content (AvgIpc) is 2.50. The molecule has 0 aliphatic heterocycles. The highest BCUT2D eigenvalue weighted by molar-refractivity contribution is 8.23. The Hall–Kier alpha value is -1.23. The molecule has 0 aliphatic rings. The lowest BCUT2D eigenvalue weighted by Crippen LogP contribution is -2.28. The molecule has 0 spiro atoms. The Bertz CT molecular complexity index is 598. The lowest BCUT2D eigenvalue weighted by atomic mass is 10.1. The van der Waals surface area contributed by atoms with Gasteiger partial charge in [0, 0.05) is 23.7 Å². The molecule has 0 unspecified atom stereocenters. The maximum absolute atomic E-state index is 12.2. The van der Waals surface area contributed by atoms with Crippen LogP contribution in [0.5, 0.6) is 0 Å². The van der Waals surface area contributed by atoms with E-state index in [0.717, 1.165) is 50.9 Å². The smallest absolute Gasteiger partial charge is 0.234 e. The summed E-state index contributed by atoms with van der Waals surface area (Å²) in [6.45, 7) is 9.64. The van der Waals surface area contributed by atoms with Gasteiger partial charge in [-0.3, -0.25) is 4.79 Å². The molecule has 124 valence electrons. The van der Waals surface area contributed by atoms with Crippen LogP contribution < -0.4 is 5.32 Å². The summed E-state index contributed by atoms with van der Waals surface area (Å²) >= 11 is 7.83. The number of aryl methyl sites for hydroxylation is 2. The second-order valence-electron chi connectivity index (χ2n) is 4.90. The summed E-state index contributed by atoms with van der Waals surface area (Å²) in [5.41, 5.74) is 2.71. The number of rotatable bonds is 6. The van der Waals surface area contributed by atoms with Gasteiger partial charge in [0.1, 0.15) is 9.72 Å². The lowest BCUT2D eigenvalue weighted by molar-refractivity contribution is -0.113. The van der Waals surface area contributed by atoms with Crippen molar-refractivity contribution in [2.75, 3.05) is 24.2 Å². The molecular weight excluding hydrogens is 346 g/mol. The van der Waals surface area contributed by atoms with Gasteiger partial charge in [0.25, 0.3) is 0 Å². The van der Waals surface area contributed by atoms with E-state index in [1.165, 1.54) is 11.8 Å². The predicted octanol–water partition coefficient (Wildman–Crippen LogP) is 4.18. The normalized spacial score (nSPS) is 10.0. The van der Waals surface area contributed by atoms with Crippen LogP contribution in [-0.2, 0) is 4.79 Å². The molecule has 4 nitrogen and oxygen atoms in total. The van der Waals surface area contributed by atoms with Gasteiger partial charge >= 0.3 is 0 Å². The molecule has 0 fully saturated rings. The van der Waals surface area contributed by atoms with Crippen LogP contribution in [0.2, 0.25) is 0 Å². The number of thiocarbonyl (C=S) groups is 1. The van der Waals surface area contributed by atoms with Gasteiger partial charge in [-0.25, -0.2) is 0 Å². The van der Waals surface area contributed by atoms with E-state index in [2.05, 4.69) is 15.6 Å². The highest BCUT2D eigenvalue weighted by Crippen LogP contribution is 2.27. The predicted molar refractivity (Wildman–Crippen MR) is 104 cm³/mol. The van der Waals surface area contributed by atoms with Crippen molar-refractivity contribution in [3.8, 4) is 5.40 Å². The summed E-state index contributed by atoms with van der Waals surface area (Å²) in [7, 11) is 0. The second-order valence-corrected chi connectivity index (χ2v) is 7.37. The van der Waals surface area contributed by atoms with Crippen molar-refractivity contribution in [1.82, 2.24) is 4.90 Å². The molecule has 0 saturated carbocycles. The van der Waals surface area contributed by atoms with Crippen LogP contribution in [-0.4, -0.2) is 34.0 Å². The number of hydrogen-bond acceptors (Lipinski definition) is 5. The fourth-order valence-corrected chi connectivity index (χ4v) is 3.89. The minimum atomic E-state index is -0.0728. The molecule has 0 aliphatic carbocycles. The summed E-state index contributed by atoms with van der Waals surface area (Å²) in [5, 5.41) is 13.8. The SMILES string of the molecule is CCN(CC)C(=S)SCC(=O)Nc1c(C)cc(SC#N)cc1C. The molecule has 0 atom stereocenters. The zero-order chi connectivity index (χ0) is 17.4. The highest BCUT2D eigenvalue weighted by Gasteiger charge is 2.12. The van der Waals surface area contributed by atoms with Gasteiger partial charge in [-0.2, -0.15) is 5.26 Å². The van der Waals surface area contributed by atoms with Crippen molar-refractivity contribution in [3.05, 3.63) is 23.3 Å². The maximum atomic E-state index is 12.2. The molecule has 1 rings (SSSR count). The molecular formula is C16H21N3OS3. The van der Waals surface area contributed by atoms with Crippen LogP contribution in [0.3, 0.4) is 0 Å². The Labute approximate surface area is 152 Å². The quantitative estimate of drug-likeness (QED) is 0.462. The number of thioether (sulfide) groups is 2. The Balaban J connectivity index is 2.68. The van der Waals surface area contributed by atoms with E-state index in [1.807, 2.05) is 39.8 Å². The van der Waals surface area contributed by atoms with E-state index in [9.17, 15) is 4.79 Å². The fourth-order valence-electron chi connectivity index (χ4n) is 2.11. The van der Waals surface area contributed by atoms with Gasteiger partial charge in [-0.05, 0) is 62.7 Å². The zero-order valence-corrected chi connectivity index (χ0v) is 16.3. The van der Waals surface area contributed by atoms with Crippen molar-refractivity contribution in [2.24, 2.45) is 0 Å². The van der Waals surface area contributed by atoms with Crippen LogP contribution >= 0.6 is 35.7 Å². The Morgan fingerprint density at radius 3 is 2.35 bits per heavy atom. The van der Waals surface area contributed by atoms with E-state index in [-0.39, 0.29) is 5.91 Å². The molecule has 7 heteroatoms. The molecule has 0 radical (unpaired) electrons. The van der Waals surface area contributed by atoms with Gasteiger partial charge in [0.05, 0.1) is 5.75 Å². The minimum absolute atomic E-state index is 0.0728. The van der Waals surface area contributed by atoms with Gasteiger partial charge < -0.3 is 10.2 Å². The van der Waals surface area contributed by atoms with E-state index >= 15 is 0 Å². The third kappa shape index (κ3) is 6.05. The monoisotopic (exact) mass is 367 g/mol. The third-order valence-corrected chi connectivity index (χ3v) is 5.37. The standard InChI is InChI=1S/C16H21N3OS3/c1-5-19(6-2)16(21)22-9-14(20)18-15-11(3)7-13(23-10-17)8-12(15)4/h7-8H,5-6,9H2,1-4H3,(H,18,20). The summed E-state index contributed by atoms with van der Waals surface area (Å²) in [6, 6.07) is 3.81. The molecule has 0 heterocycles. The minimum Gasteiger partial charge on any atom is -0.358 e. The Morgan fingerprint density at radius 1 is 1.30 bits per heavy atom. The van der Waals surface area contributed by atoms with Crippen molar-refractivity contribution in [3.63, 3.8) is 0 Å². The van der Waals surface area contributed by atoms with Gasteiger partial charge in [-0.1, -0.05) is 24.0 Å². The van der Waals surface area contributed by atoms with E-state index < -0.39 is 0 Å². The molecule has 0 aromatic heterocycles. The number of anilines is 1. The molecule has 0 bridgehead atoms. The van der Waals surface area contributed by atoms with Crippen LogP contribution in [0.25, 0.3) is 0 Å². The number of nitriles is 1. The van der Waals surface area contributed by atoms with Gasteiger partial charge in [-0.15, -0.1) is 0 Å². The van der Waals surface area contributed by atoms with Gasteiger partial charge in [0.15, 0.2) is 0 Å². The topological polar surface area (TPSA) is 56.1 Å². The van der Waals surface area contributed by atoms with Gasteiger partial charge in [0.2, 0.25) is 5.91 Å². The molecule has 1 amide bonds. The first kappa shape index (κ1) is 19.8. The van der Waals surface area contributed by atoms with Crippen LogP contribution in [0, 0.1) is 24.5 Å². The Kier molecular flexibility index (Phi) is 8.45. The number of thiocyanates is 1. The molecule has 1 aromatic carbocycles. The summed E-state index contributed by atoms with van der Waals surface area (Å²) in [5.74, 6) is 0.222. The molecule has 1 N–H and O–H groups in total. The number of nitrogens with one attached hydrogen (secondary N) is 1. The van der Waals surface area contributed by atoms with E-state index in [0.29, 0.717) is 5.75 Å². The summed E-state index contributed by atoms with van der Waals surface area (Å²) in [4.78, 5) is 15.1. The average molecular weight is 368 g/mol. The number of hydrogen-bond donors (Lipinski definition) is 1. The lowest BCUT2D eigenvalue weighted by Gasteiger charge is -2.20. The number of benzene rings is 1. The van der Waals surface area contributed by atoms with E-state index in [4.69, 9.17) is 17.5 Å². The number of amides is 1. The summed E-state index contributed by atoms with van der Waals surface area (Å²) < 4.78 is 0.749. The third-order valence-electron chi connectivity index (χ3n) is 3.28. The molecule has 23 heavy (non-hydrogen) atoms. The van der Waals surface area contributed by atoms with Crippen LogP contribution in [0.1, 0.15) is 25.0 Å². The van der Waals surface area contributed by atoms with Crippen LogP contribution in [0.15, 0.2) is 17.0 Å². The Morgan fingerprint density at radius 2 is 1.87 bits per heavy atom. The molecule has 0 saturated heterocycles. The molecule has 1 aromatic rings.